The highest BCUT2D eigenvalue weighted by Gasteiger charge is 2.33. The van der Waals surface area contributed by atoms with Gasteiger partial charge in [-0.2, -0.15) is 0 Å². The van der Waals surface area contributed by atoms with Crippen molar-refractivity contribution in [3.05, 3.63) is 12.7 Å². The molecule has 0 unspecified atom stereocenters. The highest BCUT2D eigenvalue weighted by atomic mass is 28.3. The van der Waals surface area contributed by atoms with Crippen LogP contribution < -0.4 is 0 Å². The summed E-state index contributed by atoms with van der Waals surface area (Å²) in [6, 6.07) is 3.48. The van der Waals surface area contributed by atoms with E-state index >= 15 is 0 Å². The minimum atomic E-state index is -1.38. The quantitative estimate of drug-likeness (QED) is 0.499. The molecule has 0 aliphatic rings. The van der Waals surface area contributed by atoms with E-state index in [2.05, 4.69) is 27.4 Å². The Morgan fingerprint density at radius 1 is 1.27 bits per heavy atom. The molecule has 0 aliphatic carbocycles. The summed E-state index contributed by atoms with van der Waals surface area (Å²) in [5.74, 6) is 0. The maximum atomic E-state index is 9.71. The molecule has 11 heavy (non-hydrogen) atoms. The van der Waals surface area contributed by atoms with Gasteiger partial charge in [-0.1, -0.05) is 45.0 Å². The molecule has 0 amide bonds. The highest BCUT2D eigenvalue weighted by molar-refractivity contribution is 6.81. The molecule has 0 aromatic carbocycles. The second kappa shape index (κ2) is 4.73. The van der Waals surface area contributed by atoms with Gasteiger partial charge in [0.1, 0.15) is 0 Å². The molecular weight excluding hydrogens is 152 g/mol. The third-order valence-corrected chi connectivity index (χ3v) is 8.68. The Morgan fingerprint density at radius 3 is 1.73 bits per heavy atom. The predicted molar refractivity (Wildman–Crippen MR) is 53.4 cm³/mol. The summed E-state index contributed by atoms with van der Waals surface area (Å²) in [6.45, 7) is 10.2. The lowest BCUT2D eigenvalue weighted by Gasteiger charge is -2.31. The first-order valence-corrected chi connectivity index (χ1v) is 7.17. The SMILES string of the molecule is C=C[C@H](O)[Si](CC)(CC)CC. The van der Waals surface area contributed by atoms with Crippen LogP contribution in [0.4, 0.5) is 0 Å². The fourth-order valence-electron chi connectivity index (χ4n) is 1.63. The molecule has 0 aromatic rings. The van der Waals surface area contributed by atoms with Crippen LogP contribution in [-0.2, 0) is 0 Å². The molecule has 66 valence electrons. The van der Waals surface area contributed by atoms with E-state index in [4.69, 9.17) is 0 Å². The number of hydrogen-bond donors (Lipinski definition) is 1. The van der Waals surface area contributed by atoms with Crippen molar-refractivity contribution in [2.75, 3.05) is 0 Å². The zero-order valence-corrected chi connectivity index (χ0v) is 8.93. The van der Waals surface area contributed by atoms with Crippen molar-refractivity contribution < 1.29 is 5.11 Å². The van der Waals surface area contributed by atoms with Gasteiger partial charge in [-0.15, -0.1) is 6.58 Å². The Balaban J connectivity index is 4.38. The number of rotatable bonds is 5. The molecule has 0 spiro atoms. The average Bonchev–Trinajstić information content (AvgIpc) is 2.08. The topological polar surface area (TPSA) is 20.2 Å². The maximum Gasteiger partial charge on any atom is 0.0913 e. The third-order valence-electron chi connectivity index (χ3n) is 2.96. The molecule has 0 bridgehead atoms. The summed E-state index contributed by atoms with van der Waals surface area (Å²) in [5.41, 5.74) is -0.206. The van der Waals surface area contributed by atoms with Crippen LogP contribution in [0.1, 0.15) is 20.8 Å². The molecule has 0 aromatic heterocycles. The van der Waals surface area contributed by atoms with Crippen LogP contribution >= 0.6 is 0 Å². The minimum Gasteiger partial charge on any atom is -0.393 e. The van der Waals surface area contributed by atoms with E-state index in [9.17, 15) is 5.11 Å². The molecule has 1 N–H and O–H groups in total. The van der Waals surface area contributed by atoms with Crippen LogP contribution in [0.15, 0.2) is 12.7 Å². The Morgan fingerprint density at radius 2 is 1.64 bits per heavy atom. The van der Waals surface area contributed by atoms with Gasteiger partial charge in [0.15, 0.2) is 0 Å². The van der Waals surface area contributed by atoms with E-state index in [0.29, 0.717) is 0 Å². The van der Waals surface area contributed by atoms with Crippen molar-refractivity contribution in [3.63, 3.8) is 0 Å². The monoisotopic (exact) mass is 172 g/mol. The van der Waals surface area contributed by atoms with Crippen LogP contribution in [0.5, 0.6) is 0 Å². The van der Waals surface area contributed by atoms with Crippen LogP contribution in [0, 0.1) is 0 Å². The molecule has 1 nitrogen and oxygen atoms in total. The zero-order chi connectivity index (χ0) is 8.91. The first kappa shape index (κ1) is 10.9. The Kier molecular flexibility index (Phi) is 4.69. The molecule has 0 saturated carbocycles. The minimum absolute atomic E-state index is 0.206. The molecule has 0 radical (unpaired) electrons. The van der Waals surface area contributed by atoms with Gasteiger partial charge in [0, 0.05) is 0 Å². The van der Waals surface area contributed by atoms with Gasteiger partial charge in [-0.3, -0.25) is 0 Å². The van der Waals surface area contributed by atoms with Gasteiger partial charge >= 0.3 is 0 Å². The van der Waals surface area contributed by atoms with Crippen molar-refractivity contribution in [2.24, 2.45) is 0 Å². The van der Waals surface area contributed by atoms with Crippen LogP contribution in [0.3, 0.4) is 0 Å². The Bertz CT molecular complexity index is 110. The number of aliphatic hydroxyl groups is 1. The summed E-state index contributed by atoms with van der Waals surface area (Å²) >= 11 is 0. The van der Waals surface area contributed by atoms with E-state index in [1.807, 2.05) is 0 Å². The van der Waals surface area contributed by atoms with Crippen molar-refractivity contribution in [2.45, 2.75) is 44.6 Å². The van der Waals surface area contributed by atoms with E-state index in [0.717, 1.165) is 18.1 Å². The van der Waals surface area contributed by atoms with E-state index in [1.165, 1.54) is 0 Å². The van der Waals surface area contributed by atoms with E-state index < -0.39 is 8.07 Å². The number of aliphatic hydroxyl groups excluding tert-OH is 1. The van der Waals surface area contributed by atoms with Gasteiger partial charge in [-0.25, -0.2) is 0 Å². The van der Waals surface area contributed by atoms with Crippen molar-refractivity contribution in [1.29, 1.82) is 0 Å². The Labute approximate surface area is 71.1 Å². The van der Waals surface area contributed by atoms with Crippen LogP contribution in [0.2, 0.25) is 18.1 Å². The standard InChI is InChI=1S/C9H20OSi/c1-5-9(10)11(6-2,7-3)8-4/h5,9-10H,1,6-8H2,2-4H3/t9-/m1/s1. The fourth-order valence-corrected chi connectivity index (χ4v) is 4.88. The lowest BCUT2D eigenvalue weighted by molar-refractivity contribution is 0.288. The van der Waals surface area contributed by atoms with Crippen molar-refractivity contribution >= 4 is 8.07 Å². The van der Waals surface area contributed by atoms with E-state index in [-0.39, 0.29) is 5.73 Å². The largest absolute Gasteiger partial charge is 0.393 e. The average molecular weight is 172 g/mol. The normalized spacial score (nSPS) is 14.5. The second-order valence-electron chi connectivity index (χ2n) is 3.10. The molecule has 2 heteroatoms. The maximum absolute atomic E-state index is 9.71. The summed E-state index contributed by atoms with van der Waals surface area (Å²) in [6.07, 6.45) is 1.71. The molecular formula is C9H20OSi. The summed E-state index contributed by atoms with van der Waals surface area (Å²) in [4.78, 5) is 0. The third kappa shape index (κ3) is 2.17. The summed E-state index contributed by atoms with van der Waals surface area (Å²) in [5, 5.41) is 9.71. The van der Waals surface area contributed by atoms with Gasteiger partial charge < -0.3 is 5.11 Å². The predicted octanol–water partition coefficient (Wildman–Crippen LogP) is 2.58. The fraction of sp³-hybridized carbons (Fsp3) is 0.778. The molecule has 1 atom stereocenters. The van der Waals surface area contributed by atoms with Crippen LogP contribution in [-0.4, -0.2) is 18.9 Å². The summed E-state index contributed by atoms with van der Waals surface area (Å²) < 4.78 is 0. The summed E-state index contributed by atoms with van der Waals surface area (Å²) in [7, 11) is -1.38. The molecule has 0 saturated heterocycles. The van der Waals surface area contributed by atoms with E-state index in [1.54, 1.807) is 6.08 Å². The lowest BCUT2D eigenvalue weighted by Crippen LogP contribution is -2.44. The van der Waals surface area contributed by atoms with Crippen molar-refractivity contribution in [3.8, 4) is 0 Å². The second-order valence-corrected chi connectivity index (χ2v) is 8.54. The Hall–Kier alpha value is -0.0831. The molecule has 0 rings (SSSR count). The first-order chi connectivity index (χ1) is 5.16. The van der Waals surface area contributed by atoms with Crippen LogP contribution in [0.25, 0.3) is 0 Å². The number of hydrogen-bond acceptors (Lipinski definition) is 1. The lowest BCUT2D eigenvalue weighted by atomic mass is 10.7. The van der Waals surface area contributed by atoms with Gasteiger partial charge in [0.25, 0.3) is 0 Å². The van der Waals surface area contributed by atoms with Gasteiger partial charge in [0.2, 0.25) is 0 Å². The molecule has 0 fully saturated rings. The zero-order valence-electron chi connectivity index (χ0n) is 7.93. The van der Waals surface area contributed by atoms with Crippen molar-refractivity contribution in [1.82, 2.24) is 0 Å². The highest BCUT2D eigenvalue weighted by Crippen LogP contribution is 2.24. The first-order valence-electron chi connectivity index (χ1n) is 4.47. The molecule has 0 heterocycles. The smallest absolute Gasteiger partial charge is 0.0913 e. The van der Waals surface area contributed by atoms with Gasteiger partial charge in [-0.05, 0) is 0 Å². The molecule has 0 aliphatic heterocycles. The van der Waals surface area contributed by atoms with Gasteiger partial charge in [0.05, 0.1) is 13.8 Å².